The van der Waals surface area contributed by atoms with Crippen LogP contribution in [0.25, 0.3) is 0 Å². The second-order valence-corrected chi connectivity index (χ2v) is 4.92. The van der Waals surface area contributed by atoms with Crippen LogP contribution in [0.3, 0.4) is 0 Å². The Morgan fingerprint density at radius 2 is 1.94 bits per heavy atom. The molecular weight excluding hydrogens is 343 g/mol. The highest BCUT2D eigenvalue weighted by Crippen LogP contribution is 2.19. The Hall–Kier alpha value is -1.63. The molecule has 0 amide bonds. The number of nitrogens with zero attached hydrogens (tertiary/aromatic N) is 1. The number of anilines is 1. The standard InChI is InChI=1S/C13H11IN2O2/c14-12-6-1-2-7-13(12)15-9-10-4-3-5-11(8-10)16(17)18/h1-8,15H,9H2. The van der Waals surface area contributed by atoms with Crippen molar-refractivity contribution in [3.8, 4) is 0 Å². The summed E-state index contributed by atoms with van der Waals surface area (Å²) in [5.41, 5.74) is 2.05. The Balaban J connectivity index is 2.09. The molecule has 18 heavy (non-hydrogen) atoms. The number of non-ortho nitro benzene ring substituents is 1. The Labute approximate surface area is 118 Å². The van der Waals surface area contributed by atoms with E-state index in [0.717, 1.165) is 14.8 Å². The van der Waals surface area contributed by atoms with E-state index in [2.05, 4.69) is 27.9 Å². The van der Waals surface area contributed by atoms with Crippen molar-refractivity contribution in [1.29, 1.82) is 0 Å². The second-order valence-electron chi connectivity index (χ2n) is 3.76. The Morgan fingerprint density at radius 1 is 1.17 bits per heavy atom. The molecule has 0 aliphatic carbocycles. The van der Waals surface area contributed by atoms with Gasteiger partial charge in [-0.05, 0) is 40.3 Å². The highest BCUT2D eigenvalue weighted by Gasteiger charge is 2.05. The third kappa shape index (κ3) is 3.19. The molecule has 2 aromatic rings. The maximum Gasteiger partial charge on any atom is 0.269 e. The fraction of sp³-hybridized carbons (Fsp3) is 0.0769. The molecule has 0 spiro atoms. The SMILES string of the molecule is O=[N+]([O-])c1cccc(CNc2ccccc2I)c1. The number of hydrogen-bond acceptors (Lipinski definition) is 3. The lowest BCUT2D eigenvalue weighted by Crippen LogP contribution is -2.01. The van der Waals surface area contributed by atoms with Gasteiger partial charge in [0.1, 0.15) is 0 Å². The average molecular weight is 354 g/mol. The van der Waals surface area contributed by atoms with Crippen molar-refractivity contribution in [2.75, 3.05) is 5.32 Å². The van der Waals surface area contributed by atoms with Crippen LogP contribution in [0.1, 0.15) is 5.56 Å². The number of nitro benzene ring substituents is 1. The predicted octanol–water partition coefficient (Wildman–Crippen LogP) is 3.81. The lowest BCUT2D eigenvalue weighted by molar-refractivity contribution is -0.384. The van der Waals surface area contributed by atoms with Gasteiger partial charge in [-0.1, -0.05) is 24.3 Å². The van der Waals surface area contributed by atoms with Crippen LogP contribution in [0.5, 0.6) is 0 Å². The molecule has 0 aromatic heterocycles. The number of benzene rings is 2. The van der Waals surface area contributed by atoms with Crippen molar-refractivity contribution < 1.29 is 4.92 Å². The van der Waals surface area contributed by atoms with E-state index < -0.39 is 0 Å². The number of para-hydroxylation sites is 1. The minimum absolute atomic E-state index is 0.122. The molecule has 4 nitrogen and oxygen atoms in total. The third-order valence-corrected chi connectivity index (χ3v) is 3.42. The molecule has 0 heterocycles. The Kier molecular flexibility index (Phi) is 4.14. The second kappa shape index (κ2) is 5.81. The van der Waals surface area contributed by atoms with E-state index in [-0.39, 0.29) is 10.6 Å². The maximum atomic E-state index is 10.7. The molecule has 0 saturated carbocycles. The summed E-state index contributed by atoms with van der Waals surface area (Å²) in [4.78, 5) is 10.3. The molecule has 5 heteroatoms. The van der Waals surface area contributed by atoms with Crippen LogP contribution in [0.2, 0.25) is 0 Å². The van der Waals surface area contributed by atoms with Crippen LogP contribution in [0.15, 0.2) is 48.5 Å². The van der Waals surface area contributed by atoms with Gasteiger partial charge >= 0.3 is 0 Å². The van der Waals surface area contributed by atoms with Crippen molar-refractivity contribution in [3.63, 3.8) is 0 Å². The number of rotatable bonds is 4. The van der Waals surface area contributed by atoms with Gasteiger partial charge in [0.05, 0.1) is 4.92 Å². The zero-order chi connectivity index (χ0) is 13.0. The molecule has 0 bridgehead atoms. The Morgan fingerprint density at radius 3 is 2.67 bits per heavy atom. The monoisotopic (exact) mass is 354 g/mol. The van der Waals surface area contributed by atoms with Crippen molar-refractivity contribution >= 4 is 34.0 Å². The van der Waals surface area contributed by atoms with Gasteiger partial charge < -0.3 is 5.32 Å². The molecule has 0 saturated heterocycles. The van der Waals surface area contributed by atoms with Gasteiger partial charge in [0.2, 0.25) is 0 Å². The van der Waals surface area contributed by atoms with Gasteiger partial charge in [0, 0.05) is 27.9 Å². The predicted molar refractivity (Wildman–Crippen MR) is 79.6 cm³/mol. The molecule has 0 unspecified atom stereocenters. The van der Waals surface area contributed by atoms with Crippen molar-refractivity contribution in [2.45, 2.75) is 6.54 Å². The summed E-state index contributed by atoms with van der Waals surface area (Å²) in [5, 5.41) is 13.9. The minimum atomic E-state index is -0.379. The molecule has 0 radical (unpaired) electrons. The molecule has 2 rings (SSSR count). The first kappa shape index (κ1) is 12.8. The molecule has 0 aliphatic rings. The van der Waals surface area contributed by atoms with Gasteiger partial charge in [-0.3, -0.25) is 10.1 Å². The van der Waals surface area contributed by atoms with Crippen LogP contribution in [0.4, 0.5) is 11.4 Å². The topological polar surface area (TPSA) is 55.2 Å². The molecule has 1 N–H and O–H groups in total. The Bertz CT molecular complexity index is 572. The van der Waals surface area contributed by atoms with Crippen LogP contribution < -0.4 is 5.32 Å². The minimum Gasteiger partial charge on any atom is -0.380 e. The van der Waals surface area contributed by atoms with Gasteiger partial charge in [0.15, 0.2) is 0 Å². The average Bonchev–Trinajstić information content (AvgIpc) is 2.38. The summed E-state index contributed by atoms with van der Waals surface area (Å²) < 4.78 is 1.13. The van der Waals surface area contributed by atoms with E-state index >= 15 is 0 Å². The highest BCUT2D eigenvalue weighted by atomic mass is 127. The summed E-state index contributed by atoms with van der Waals surface area (Å²) >= 11 is 2.25. The normalized spacial score (nSPS) is 10.1. The van der Waals surface area contributed by atoms with Crippen LogP contribution >= 0.6 is 22.6 Å². The molecule has 2 aromatic carbocycles. The number of halogens is 1. The van der Waals surface area contributed by atoms with Crippen LogP contribution in [-0.2, 0) is 6.54 Å². The summed E-state index contributed by atoms with van der Waals surface area (Å²) in [6, 6.07) is 14.6. The quantitative estimate of drug-likeness (QED) is 0.516. The van der Waals surface area contributed by atoms with Gasteiger partial charge in [0.25, 0.3) is 5.69 Å². The van der Waals surface area contributed by atoms with Crippen LogP contribution in [0, 0.1) is 13.7 Å². The molecule has 0 fully saturated rings. The van der Waals surface area contributed by atoms with E-state index in [9.17, 15) is 10.1 Å². The molecule has 0 atom stereocenters. The summed E-state index contributed by atoms with van der Waals surface area (Å²) in [6.07, 6.45) is 0. The lowest BCUT2D eigenvalue weighted by Gasteiger charge is -2.08. The summed E-state index contributed by atoms with van der Waals surface area (Å²) in [5.74, 6) is 0. The number of hydrogen-bond donors (Lipinski definition) is 1. The molecule has 92 valence electrons. The van der Waals surface area contributed by atoms with Gasteiger partial charge in [-0.15, -0.1) is 0 Å². The van der Waals surface area contributed by atoms with E-state index in [1.807, 2.05) is 30.3 Å². The first-order chi connectivity index (χ1) is 8.66. The highest BCUT2D eigenvalue weighted by molar-refractivity contribution is 14.1. The van der Waals surface area contributed by atoms with Crippen molar-refractivity contribution in [1.82, 2.24) is 0 Å². The maximum absolute atomic E-state index is 10.7. The van der Waals surface area contributed by atoms with Crippen molar-refractivity contribution in [3.05, 3.63) is 67.8 Å². The van der Waals surface area contributed by atoms with E-state index in [4.69, 9.17) is 0 Å². The number of nitro groups is 1. The van der Waals surface area contributed by atoms with Gasteiger partial charge in [-0.25, -0.2) is 0 Å². The van der Waals surface area contributed by atoms with Gasteiger partial charge in [-0.2, -0.15) is 0 Å². The summed E-state index contributed by atoms with van der Waals surface area (Å²) in [7, 11) is 0. The van der Waals surface area contributed by atoms with E-state index in [1.54, 1.807) is 12.1 Å². The third-order valence-electron chi connectivity index (χ3n) is 2.48. The molecule has 0 aliphatic heterocycles. The molecular formula is C13H11IN2O2. The largest absolute Gasteiger partial charge is 0.380 e. The zero-order valence-electron chi connectivity index (χ0n) is 9.47. The fourth-order valence-electron chi connectivity index (χ4n) is 1.58. The number of nitrogens with one attached hydrogen (secondary N) is 1. The fourth-order valence-corrected chi connectivity index (χ4v) is 2.16. The lowest BCUT2D eigenvalue weighted by atomic mass is 10.2. The van der Waals surface area contributed by atoms with E-state index in [0.29, 0.717) is 6.54 Å². The smallest absolute Gasteiger partial charge is 0.269 e. The summed E-state index contributed by atoms with van der Waals surface area (Å²) in [6.45, 7) is 0.571. The first-order valence-corrected chi connectivity index (χ1v) is 6.46. The van der Waals surface area contributed by atoms with E-state index in [1.165, 1.54) is 6.07 Å². The first-order valence-electron chi connectivity index (χ1n) is 5.38. The van der Waals surface area contributed by atoms with Crippen molar-refractivity contribution in [2.24, 2.45) is 0 Å². The zero-order valence-corrected chi connectivity index (χ0v) is 11.6. The van der Waals surface area contributed by atoms with Crippen LogP contribution in [-0.4, -0.2) is 4.92 Å².